The summed E-state index contributed by atoms with van der Waals surface area (Å²) in [5, 5.41) is 10.2. The van der Waals surface area contributed by atoms with Crippen molar-refractivity contribution in [3.05, 3.63) is 35.4 Å². The summed E-state index contributed by atoms with van der Waals surface area (Å²) in [5.41, 5.74) is 2.60. The van der Waals surface area contributed by atoms with Crippen LogP contribution in [0.4, 0.5) is 0 Å². The standard InChI is InChI=1S/C22H32NO3.BrH/c1-4-5-6-12-23(2)13-11-22-10-9-17(24)14-19(22)26-21-18(25-3)8-7-16(15-23)20(21)22;/h7-10,17,19,24H,4-6,11-15H2,1-3H3;1H/q+1;/p-1/t17-,19-,22-,23?;/m0./s1. The number of hydrogen-bond acceptors (Lipinski definition) is 3. The van der Waals surface area contributed by atoms with Crippen LogP contribution in [0.2, 0.25) is 0 Å². The summed E-state index contributed by atoms with van der Waals surface area (Å²) < 4.78 is 13.1. The molecule has 1 aromatic carbocycles. The van der Waals surface area contributed by atoms with E-state index in [1.54, 1.807) is 7.11 Å². The summed E-state index contributed by atoms with van der Waals surface area (Å²) >= 11 is 0. The van der Waals surface area contributed by atoms with Gasteiger partial charge in [-0.3, -0.25) is 0 Å². The first-order valence-electron chi connectivity index (χ1n) is 10.1. The summed E-state index contributed by atoms with van der Waals surface area (Å²) in [6, 6.07) is 4.30. The maximum Gasteiger partial charge on any atom is 0.166 e. The van der Waals surface area contributed by atoms with E-state index in [-0.39, 0.29) is 28.5 Å². The van der Waals surface area contributed by atoms with Crippen molar-refractivity contribution in [2.24, 2.45) is 0 Å². The quantitative estimate of drug-likeness (QED) is 0.415. The maximum atomic E-state index is 10.2. The van der Waals surface area contributed by atoms with E-state index in [1.165, 1.54) is 36.9 Å². The molecule has 1 unspecified atom stereocenters. The molecule has 0 radical (unpaired) electrons. The number of unbranched alkanes of at least 4 members (excludes halogenated alkanes) is 2. The Morgan fingerprint density at radius 1 is 1.33 bits per heavy atom. The number of nitrogens with zero attached hydrogens (tertiary/aromatic N) is 1. The summed E-state index contributed by atoms with van der Waals surface area (Å²) in [5.74, 6) is 1.73. The molecule has 0 saturated heterocycles. The van der Waals surface area contributed by atoms with Crippen LogP contribution in [-0.2, 0) is 12.0 Å². The molecule has 1 aliphatic carbocycles. The fourth-order valence-corrected chi connectivity index (χ4v) is 5.21. The topological polar surface area (TPSA) is 38.7 Å². The first-order chi connectivity index (χ1) is 12.5. The van der Waals surface area contributed by atoms with Crippen LogP contribution >= 0.6 is 0 Å². The van der Waals surface area contributed by atoms with E-state index < -0.39 is 6.10 Å². The molecular formula is C22H32BrNO3. The number of rotatable bonds is 5. The highest BCUT2D eigenvalue weighted by molar-refractivity contribution is 5.60. The normalized spacial score (nSPS) is 33.3. The minimum atomic E-state index is -0.414. The Balaban J connectivity index is 0.00000210. The van der Waals surface area contributed by atoms with Gasteiger partial charge in [-0.05, 0) is 25.0 Å². The second-order valence-electron chi connectivity index (χ2n) is 8.62. The van der Waals surface area contributed by atoms with Gasteiger partial charge in [0, 0.05) is 24.0 Å². The van der Waals surface area contributed by atoms with Crippen LogP contribution in [-0.4, -0.2) is 49.0 Å². The predicted molar refractivity (Wildman–Crippen MR) is 103 cm³/mol. The van der Waals surface area contributed by atoms with Crippen molar-refractivity contribution >= 4 is 0 Å². The molecule has 2 aliphatic heterocycles. The molecule has 1 spiro atoms. The number of halogens is 1. The van der Waals surface area contributed by atoms with Crippen molar-refractivity contribution < 1.29 is 36.0 Å². The fourth-order valence-electron chi connectivity index (χ4n) is 5.21. The van der Waals surface area contributed by atoms with Crippen LogP contribution in [0.5, 0.6) is 11.5 Å². The van der Waals surface area contributed by atoms with Crippen LogP contribution in [0.25, 0.3) is 0 Å². The zero-order valence-electron chi connectivity index (χ0n) is 16.7. The smallest absolute Gasteiger partial charge is 0.166 e. The van der Waals surface area contributed by atoms with Crippen molar-refractivity contribution in [2.75, 3.05) is 27.2 Å². The number of methoxy groups -OCH3 is 1. The van der Waals surface area contributed by atoms with Gasteiger partial charge in [0.05, 0.1) is 38.8 Å². The average Bonchev–Trinajstić information content (AvgIpc) is 2.89. The van der Waals surface area contributed by atoms with Gasteiger partial charge in [-0.15, -0.1) is 0 Å². The lowest BCUT2D eigenvalue weighted by Crippen LogP contribution is -3.00. The lowest BCUT2D eigenvalue weighted by molar-refractivity contribution is -0.922. The zero-order valence-corrected chi connectivity index (χ0v) is 18.3. The van der Waals surface area contributed by atoms with Crippen molar-refractivity contribution in [3.8, 4) is 11.5 Å². The van der Waals surface area contributed by atoms with Crippen molar-refractivity contribution in [2.45, 2.75) is 63.2 Å². The van der Waals surface area contributed by atoms with Crippen molar-refractivity contribution in [1.29, 1.82) is 0 Å². The molecule has 0 aromatic heterocycles. The molecule has 0 bridgehead atoms. The Kier molecular flexibility index (Phi) is 5.95. The number of aliphatic hydroxyl groups is 1. The molecule has 27 heavy (non-hydrogen) atoms. The number of hydrogen-bond donors (Lipinski definition) is 1. The minimum absolute atomic E-state index is 0. The van der Waals surface area contributed by atoms with Gasteiger partial charge < -0.3 is 36.0 Å². The third kappa shape index (κ3) is 3.43. The van der Waals surface area contributed by atoms with E-state index in [1.807, 2.05) is 6.08 Å². The summed E-state index contributed by atoms with van der Waals surface area (Å²) in [4.78, 5) is 0. The Hall–Kier alpha value is -1.04. The van der Waals surface area contributed by atoms with E-state index in [0.29, 0.717) is 6.42 Å². The Bertz CT molecular complexity index is 722. The first-order valence-corrected chi connectivity index (χ1v) is 10.1. The lowest BCUT2D eigenvalue weighted by Gasteiger charge is -2.37. The van der Waals surface area contributed by atoms with Crippen LogP contribution in [0.15, 0.2) is 24.3 Å². The molecule has 0 saturated carbocycles. The number of ether oxygens (including phenoxy) is 2. The second-order valence-corrected chi connectivity index (χ2v) is 8.62. The van der Waals surface area contributed by atoms with Crippen molar-refractivity contribution in [1.82, 2.24) is 0 Å². The number of aliphatic hydroxyl groups excluding tert-OH is 1. The molecular weight excluding hydrogens is 406 g/mol. The van der Waals surface area contributed by atoms with Crippen LogP contribution in [0.1, 0.15) is 50.2 Å². The largest absolute Gasteiger partial charge is 1.00 e. The van der Waals surface area contributed by atoms with E-state index in [2.05, 4.69) is 32.2 Å². The molecule has 150 valence electrons. The molecule has 2 heterocycles. The second kappa shape index (κ2) is 7.76. The fraction of sp³-hybridized carbons (Fsp3) is 0.636. The number of benzene rings is 1. The van der Waals surface area contributed by atoms with E-state index >= 15 is 0 Å². The van der Waals surface area contributed by atoms with E-state index in [0.717, 1.165) is 35.5 Å². The molecule has 4 rings (SSSR count). The van der Waals surface area contributed by atoms with Crippen LogP contribution < -0.4 is 26.5 Å². The van der Waals surface area contributed by atoms with Crippen LogP contribution in [0, 0.1) is 0 Å². The highest BCUT2D eigenvalue weighted by Gasteiger charge is 2.54. The molecule has 0 fully saturated rings. The Morgan fingerprint density at radius 2 is 2.15 bits per heavy atom. The van der Waals surface area contributed by atoms with Gasteiger partial charge in [0.1, 0.15) is 12.6 Å². The summed E-state index contributed by atoms with van der Waals surface area (Å²) in [6.07, 6.45) is 9.39. The Labute approximate surface area is 173 Å². The number of quaternary nitrogens is 1. The van der Waals surface area contributed by atoms with Crippen molar-refractivity contribution in [3.63, 3.8) is 0 Å². The van der Waals surface area contributed by atoms with Gasteiger partial charge in [0.25, 0.3) is 0 Å². The van der Waals surface area contributed by atoms with Gasteiger partial charge >= 0.3 is 0 Å². The molecule has 1 aromatic rings. The molecule has 5 heteroatoms. The molecule has 0 amide bonds. The average molecular weight is 438 g/mol. The first kappa shape index (κ1) is 20.7. The summed E-state index contributed by atoms with van der Waals surface area (Å²) in [6.45, 7) is 5.68. The van der Waals surface area contributed by atoms with Gasteiger partial charge in [-0.25, -0.2) is 0 Å². The molecule has 1 N–H and O–H groups in total. The van der Waals surface area contributed by atoms with E-state index in [4.69, 9.17) is 9.47 Å². The van der Waals surface area contributed by atoms with Gasteiger partial charge in [0.2, 0.25) is 0 Å². The maximum absolute atomic E-state index is 10.2. The SMILES string of the molecule is CCCCC[N+]1(C)CC[C@@]23C=C[C@H](O)C[C@@H]2Oc2c(OC)ccc(c23)C1.[Br-]. The molecule has 3 aliphatic rings. The van der Waals surface area contributed by atoms with Crippen LogP contribution in [0.3, 0.4) is 0 Å². The monoisotopic (exact) mass is 437 g/mol. The predicted octanol–water partition coefficient (Wildman–Crippen LogP) is 0.559. The Morgan fingerprint density at radius 3 is 2.89 bits per heavy atom. The van der Waals surface area contributed by atoms with Gasteiger partial charge in [-0.2, -0.15) is 0 Å². The molecule has 4 atom stereocenters. The lowest BCUT2D eigenvalue weighted by atomic mass is 9.69. The zero-order chi connectivity index (χ0) is 18.4. The highest BCUT2D eigenvalue weighted by atomic mass is 79.9. The third-order valence-electron chi connectivity index (χ3n) is 6.72. The third-order valence-corrected chi connectivity index (χ3v) is 6.72. The summed E-state index contributed by atoms with van der Waals surface area (Å²) in [7, 11) is 4.11. The highest BCUT2D eigenvalue weighted by Crippen LogP contribution is 2.56. The molecule has 4 nitrogen and oxygen atoms in total. The van der Waals surface area contributed by atoms with E-state index in [9.17, 15) is 5.11 Å². The minimum Gasteiger partial charge on any atom is -1.00 e. The van der Waals surface area contributed by atoms with Gasteiger partial charge in [-0.1, -0.05) is 25.5 Å². The van der Waals surface area contributed by atoms with Gasteiger partial charge in [0.15, 0.2) is 11.5 Å².